The van der Waals surface area contributed by atoms with Crippen molar-refractivity contribution in [1.82, 2.24) is 4.98 Å². The van der Waals surface area contributed by atoms with Crippen LogP contribution in [0.3, 0.4) is 0 Å². The molecule has 5 nitrogen and oxygen atoms in total. The molecular weight excluding hydrogens is 250 g/mol. The maximum Gasteiger partial charge on any atom is 0.245 e. The highest BCUT2D eigenvalue weighted by Gasteiger charge is 2.18. The van der Waals surface area contributed by atoms with Crippen molar-refractivity contribution >= 4 is 22.9 Å². The molecule has 1 unspecified atom stereocenters. The number of nitrogens with two attached hydrogens (primary N) is 1. The molecule has 1 aromatic carbocycles. The summed E-state index contributed by atoms with van der Waals surface area (Å²) >= 11 is 1.39. The fourth-order valence-corrected chi connectivity index (χ4v) is 2.18. The minimum absolute atomic E-state index is 0.435. The number of hydrogen-bond donors (Lipinski definition) is 2. The SMILES string of the molecule is COc1ccc(NC(C(N)=O)c2cncs2)cc1. The van der Waals surface area contributed by atoms with Gasteiger partial charge < -0.3 is 15.8 Å². The van der Waals surface area contributed by atoms with Crippen molar-refractivity contribution in [2.45, 2.75) is 6.04 Å². The first kappa shape index (κ1) is 12.4. The van der Waals surface area contributed by atoms with Crippen LogP contribution in [0.15, 0.2) is 36.0 Å². The molecule has 6 heteroatoms. The molecule has 1 atom stereocenters. The van der Waals surface area contributed by atoms with E-state index in [1.807, 2.05) is 24.3 Å². The summed E-state index contributed by atoms with van der Waals surface area (Å²) in [5, 5.41) is 3.07. The van der Waals surface area contributed by atoms with Crippen molar-refractivity contribution in [3.8, 4) is 5.75 Å². The average molecular weight is 263 g/mol. The summed E-state index contributed by atoms with van der Waals surface area (Å²) < 4.78 is 5.07. The number of primary amides is 1. The van der Waals surface area contributed by atoms with Crippen LogP contribution < -0.4 is 15.8 Å². The minimum atomic E-state index is -0.564. The third kappa shape index (κ3) is 2.78. The lowest BCUT2D eigenvalue weighted by molar-refractivity contribution is -0.118. The molecule has 0 radical (unpaired) electrons. The summed E-state index contributed by atoms with van der Waals surface area (Å²) in [6.07, 6.45) is 1.64. The van der Waals surface area contributed by atoms with Crippen molar-refractivity contribution in [1.29, 1.82) is 0 Å². The van der Waals surface area contributed by atoms with Gasteiger partial charge in [-0.15, -0.1) is 11.3 Å². The number of ether oxygens (including phenoxy) is 1. The molecule has 0 fully saturated rings. The number of carbonyl (C=O) groups is 1. The summed E-state index contributed by atoms with van der Waals surface area (Å²) in [6.45, 7) is 0. The molecule has 94 valence electrons. The third-order valence-corrected chi connectivity index (χ3v) is 3.26. The van der Waals surface area contributed by atoms with Crippen molar-refractivity contribution in [2.75, 3.05) is 12.4 Å². The molecule has 1 aromatic heterocycles. The first-order chi connectivity index (χ1) is 8.70. The van der Waals surface area contributed by atoms with E-state index >= 15 is 0 Å². The molecule has 2 rings (SSSR count). The molecule has 1 heterocycles. The van der Waals surface area contributed by atoms with E-state index < -0.39 is 11.9 Å². The predicted molar refractivity (Wildman–Crippen MR) is 70.7 cm³/mol. The van der Waals surface area contributed by atoms with Gasteiger partial charge in [0.1, 0.15) is 11.8 Å². The molecule has 18 heavy (non-hydrogen) atoms. The smallest absolute Gasteiger partial charge is 0.245 e. The second-order valence-corrected chi connectivity index (χ2v) is 4.53. The largest absolute Gasteiger partial charge is 0.497 e. The summed E-state index contributed by atoms with van der Waals surface area (Å²) in [6, 6.07) is 6.72. The molecule has 3 N–H and O–H groups in total. The fourth-order valence-electron chi connectivity index (χ4n) is 1.50. The lowest BCUT2D eigenvalue weighted by Crippen LogP contribution is -2.26. The Labute approximate surface area is 109 Å². The first-order valence-corrected chi connectivity index (χ1v) is 6.17. The fraction of sp³-hybridized carbons (Fsp3) is 0.167. The van der Waals surface area contributed by atoms with Gasteiger partial charge in [-0.25, -0.2) is 0 Å². The Morgan fingerprint density at radius 2 is 2.17 bits per heavy atom. The highest BCUT2D eigenvalue weighted by atomic mass is 32.1. The number of nitrogens with zero attached hydrogens (tertiary/aromatic N) is 1. The van der Waals surface area contributed by atoms with Gasteiger partial charge in [0.25, 0.3) is 0 Å². The highest BCUT2D eigenvalue weighted by Crippen LogP contribution is 2.23. The van der Waals surface area contributed by atoms with Crippen molar-refractivity contribution in [3.63, 3.8) is 0 Å². The van der Waals surface area contributed by atoms with Crippen LogP contribution in [0, 0.1) is 0 Å². The summed E-state index contributed by atoms with van der Waals surface area (Å²) in [4.78, 5) is 16.2. The number of methoxy groups -OCH3 is 1. The lowest BCUT2D eigenvalue weighted by Gasteiger charge is -2.15. The molecule has 0 aliphatic heterocycles. The van der Waals surface area contributed by atoms with Crippen molar-refractivity contribution < 1.29 is 9.53 Å². The number of rotatable bonds is 5. The van der Waals surface area contributed by atoms with Gasteiger partial charge in [-0.1, -0.05) is 0 Å². The van der Waals surface area contributed by atoms with E-state index in [2.05, 4.69) is 10.3 Å². The zero-order valence-corrected chi connectivity index (χ0v) is 10.6. The van der Waals surface area contributed by atoms with Gasteiger partial charge in [0, 0.05) is 11.9 Å². The summed E-state index contributed by atoms with van der Waals surface area (Å²) in [5.41, 5.74) is 7.85. The van der Waals surface area contributed by atoms with Crippen molar-refractivity contribution in [2.24, 2.45) is 5.73 Å². The number of nitrogens with one attached hydrogen (secondary N) is 1. The summed E-state index contributed by atoms with van der Waals surface area (Å²) in [5.74, 6) is 0.323. The number of thiazole rings is 1. The Hall–Kier alpha value is -2.08. The van der Waals surface area contributed by atoms with E-state index in [9.17, 15) is 4.79 Å². The predicted octanol–water partition coefficient (Wildman–Crippen LogP) is 1.79. The standard InChI is InChI=1S/C12H13N3O2S/c1-17-9-4-2-8(3-5-9)15-11(12(13)16)10-6-14-7-18-10/h2-7,11,15H,1H3,(H2,13,16). The van der Waals surface area contributed by atoms with Crippen LogP contribution in [-0.2, 0) is 4.79 Å². The van der Waals surface area contributed by atoms with Crippen LogP contribution in [-0.4, -0.2) is 18.0 Å². The van der Waals surface area contributed by atoms with Gasteiger partial charge >= 0.3 is 0 Å². The number of aromatic nitrogens is 1. The molecule has 2 aromatic rings. The number of carbonyl (C=O) groups excluding carboxylic acids is 1. The van der Waals surface area contributed by atoms with Crippen LogP contribution in [0.5, 0.6) is 5.75 Å². The van der Waals surface area contributed by atoms with Gasteiger partial charge in [0.05, 0.1) is 17.5 Å². The Morgan fingerprint density at radius 1 is 1.44 bits per heavy atom. The van der Waals surface area contributed by atoms with E-state index in [1.54, 1.807) is 18.8 Å². The Kier molecular flexibility index (Phi) is 3.78. The normalized spacial score (nSPS) is 11.8. The molecule has 0 saturated heterocycles. The maximum absolute atomic E-state index is 11.4. The summed E-state index contributed by atoms with van der Waals surface area (Å²) in [7, 11) is 1.60. The van der Waals surface area contributed by atoms with E-state index in [4.69, 9.17) is 10.5 Å². The van der Waals surface area contributed by atoms with E-state index in [0.717, 1.165) is 16.3 Å². The molecule has 0 saturated carbocycles. The Bertz CT molecular complexity index is 511. The third-order valence-electron chi connectivity index (χ3n) is 2.42. The minimum Gasteiger partial charge on any atom is -0.497 e. The van der Waals surface area contributed by atoms with Gasteiger partial charge in [0.2, 0.25) is 5.91 Å². The zero-order valence-electron chi connectivity index (χ0n) is 9.79. The first-order valence-electron chi connectivity index (χ1n) is 5.29. The lowest BCUT2D eigenvalue weighted by atomic mass is 10.2. The Morgan fingerprint density at radius 3 is 2.67 bits per heavy atom. The average Bonchev–Trinajstić information content (AvgIpc) is 2.90. The monoisotopic (exact) mass is 263 g/mol. The Balaban J connectivity index is 2.16. The molecule has 0 spiro atoms. The zero-order chi connectivity index (χ0) is 13.0. The van der Waals surface area contributed by atoms with Gasteiger partial charge in [-0.2, -0.15) is 0 Å². The number of anilines is 1. The highest BCUT2D eigenvalue weighted by molar-refractivity contribution is 7.09. The topological polar surface area (TPSA) is 77.2 Å². The number of benzene rings is 1. The quantitative estimate of drug-likeness (QED) is 0.862. The number of hydrogen-bond acceptors (Lipinski definition) is 5. The second-order valence-electron chi connectivity index (χ2n) is 3.61. The van der Waals surface area contributed by atoms with Crippen LogP contribution in [0.1, 0.15) is 10.9 Å². The van der Waals surface area contributed by atoms with E-state index in [-0.39, 0.29) is 0 Å². The van der Waals surface area contributed by atoms with Crippen LogP contribution in [0.25, 0.3) is 0 Å². The molecule has 0 aliphatic carbocycles. The maximum atomic E-state index is 11.4. The van der Waals surface area contributed by atoms with Gasteiger partial charge in [0.15, 0.2) is 0 Å². The number of amides is 1. The van der Waals surface area contributed by atoms with E-state index in [0.29, 0.717) is 0 Å². The van der Waals surface area contributed by atoms with Gasteiger partial charge in [-0.05, 0) is 24.3 Å². The molecule has 0 aliphatic rings. The van der Waals surface area contributed by atoms with Crippen LogP contribution in [0.2, 0.25) is 0 Å². The van der Waals surface area contributed by atoms with Crippen molar-refractivity contribution in [3.05, 3.63) is 40.8 Å². The molecule has 1 amide bonds. The van der Waals surface area contributed by atoms with Crippen LogP contribution >= 0.6 is 11.3 Å². The van der Waals surface area contributed by atoms with Crippen LogP contribution in [0.4, 0.5) is 5.69 Å². The molecule has 0 bridgehead atoms. The van der Waals surface area contributed by atoms with E-state index in [1.165, 1.54) is 11.3 Å². The molecular formula is C12H13N3O2S. The van der Waals surface area contributed by atoms with Gasteiger partial charge in [-0.3, -0.25) is 9.78 Å². The second kappa shape index (κ2) is 5.50.